The zero-order chi connectivity index (χ0) is 9.23. The van der Waals surface area contributed by atoms with Crippen molar-refractivity contribution in [3.63, 3.8) is 0 Å². The molecule has 0 aromatic heterocycles. The maximum Gasteiger partial charge on any atom is 0.216 e. The van der Waals surface area contributed by atoms with Crippen LogP contribution < -0.4 is 5.32 Å². The van der Waals surface area contributed by atoms with E-state index in [1.165, 1.54) is 6.92 Å². The fourth-order valence-electron chi connectivity index (χ4n) is 0.816. The molecule has 2 nitrogen and oxygen atoms in total. The number of amides is 1. The average Bonchev–Trinajstić information content (AvgIpc) is 2.02. The number of unbranched alkanes of at least 4 members (excludes halogenated alkanes) is 2. The number of nitrogens with one attached hydrogen (secondary N) is 1. The summed E-state index contributed by atoms with van der Waals surface area (Å²) < 4.78 is 0. The Hall–Kier alpha value is -0.970. The van der Waals surface area contributed by atoms with Crippen LogP contribution in [0.3, 0.4) is 0 Å². The molecule has 2 heteroatoms. The summed E-state index contributed by atoms with van der Waals surface area (Å²) in [4.78, 5) is 10.4. The topological polar surface area (TPSA) is 29.1 Å². The van der Waals surface area contributed by atoms with Crippen LogP contribution in [0.25, 0.3) is 0 Å². The maximum absolute atomic E-state index is 10.4. The molecule has 0 saturated carbocycles. The lowest BCUT2D eigenvalue weighted by Gasteiger charge is -1.98. The van der Waals surface area contributed by atoms with E-state index < -0.39 is 0 Å². The summed E-state index contributed by atoms with van der Waals surface area (Å²) in [6, 6.07) is 0. The van der Waals surface area contributed by atoms with Crippen molar-refractivity contribution in [1.82, 2.24) is 5.32 Å². The van der Waals surface area contributed by atoms with Gasteiger partial charge in [-0.2, -0.15) is 0 Å². The number of carbonyl (C=O) groups is 1. The van der Waals surface area contributed by atoms with Gasteiger partial charge in [0.1, 0.15) is 0 Å². The molecule has 0 aliphatic carbocycles. The second kappa shape index (κ2) is 8.13. The quantitative estimate of drug-likeness (QED) is 0.501. The van der Waals surface area contributed by atoms with Gasteiger partial charge in [-0.1, -0.05) is 6.92 Å². The van der Waals surface area contributed by atoms with E-state index in [4.69, 9.17) is 0 Å². The number of rotatable bonds is 4. The van der Waals surface area contributed by atoms with Crippen LogP contribution in [0, 0.1) is 11.8 Å². The van der Waals surface area contributed by atoms with Crippen molar-refractivity contribution in [2.75, 3.05) is 6.54 Å². The molecule has 0 rings (SSSR count). The minimum Gasteiger partial charge on any atom is -0.356 e. The summed E-state index contributed by atoms with van der Waals surface area (Å²) in [5.41, 5.74) is 0. The molecule has 0 saturated heterocycles. The van der Waals surface area contributed by atoms with Gasteiger partial charge in [0.25, 0.3) is 0 Å². The molecule has 0 aromatic rings. The van der Waals surface area contributed by atoms with Crippen LogP contribution in [0.15, 0.2) is 0 Å². The van der Waals surface area contributed by atoms with Crippen molar-refractivity contribution in [3.05, 3.63) is 0 Å². The van der Waals surface area contributed by atoms with Crippen LogP contribution in [0.5, 0.6) is 0 Å². The van der Waals surface area contributed by atoms with E-state index in [9.17, 15) is 4.79 Å². The van der Waals surface area contributed by atoms with Crippen molar-refractivity contribution in [2.45, 2.75) is 39.5 Å². The Morgan fingerprint density at radius 1 is 1.33 bits per heavy atom. The second-order valence-corrected chi connectivity index (χ2v) is 2.65. The van der Waals surface area contributed by atoms with E-state index in [-0.39, 0.29) is 5.91 Å². The monoisotopic (exact) mass is 167 g/mol. The molecule has 1 amide bonds. The van der Waals surface area contributed by atoms with Crippen molar-refractivity contribution >= 4 is 5.91 Å². The number of hydrogen-bond acceptors (Lipinski definition) is 1. The molecule has 68 valence electrons. The first-order valence-corrected chi connectivity index (χ1v) is 4.47. The fourth-order valence-corrected chi connectivity index (χ4v) is 0.816. The smallest absolute Gasteiger partial charge is 0.216 e. The Bertz CT molecular complexity index is 176. The molecular formula is C10H17NO. The van der Waals surface area contributed by atoms with Crippen LogP contribution >= 0.6 is 0 Å². The molecule has 0 spiro atoms. The van der Waals surface area contributed by atoms with Gasteiger partial charge >= 0.3 is 0 Å². The van der Waals surface area contributed by atoms with E-state index in [2.05, 4.69) is 17.2 Å². The first kappa shape index (κ1) is 11.0. The molecule has 0 heterocycles. The average molecular weight is 167 g/mol. The van der Waals surface area contributed by atoms with E-state index in [1.807, 2.05) is 6.92 Å². The molecule has 12 heavy (non-hydrogen) atoms. The third-order valence-corrected chi connectivity index (χ3v) is 1.40. The van der Waals surface area contributed by atoms with Crippen LogP contribution in [0.2, 0.25) is 0 Å². The predicted molar refractivity (Wildman–Crippen MR) is 50.6 cm³/mol. The second-order valence-electron chi connectivity index (χ2n) is 2.65. The van der Waals surface area contributed by atoms with Gasteiger partial charge < -0.3 is 5.32 Å². The standard InChI is InChI=1S/C10H17NO/c1-3-4-5-6-7-8-9-11-10(2)12/h3,6-9H2,1-2H3,(H,11,12). The molecule has 0 aromatic carbocycles. The van der Waals surface area contributed by atoms with Gasteiger partial charge in [-0.25, -0.2) is 0 Å². The SMILES string of the molecule is CCC#CCCCCNC(C)=O. The molecule has 0 radical (unpaired) electrons. The Morgan fingerprint density at radius 2 is 2.08 bits per heavy atom. The van der Waals surface area contributed by atoms with Gasteiger partial charge in [-0.15, -0.1) is 11.8 Å². The van der Waals surface area contributed by atoms with Crippen LogP contribution in [0.1, 0.15) is 39.5 Å². The van der Waals surface area contributed by atoms with Crippen LogP contribution in [-0.4, -0.2) is 12.5 Å². The van der Waals surface area contributed by atoms with E-state index in [1.54, 1.807) is 0 Å². The molecule has 0 aliphatic rings. The van der Waals surface area contributed by atoms with Gasteiger partial charge in [0.05, 0.1) is 0 Å². The minimum absolute atomic E-state index is 0.0506. The predicted octanol–water partition coefficient (Wildman–Crippen LogP) is 1.71. The molecule has 0 atom stereocenters. The van der Waals surface area contributed by atoms with E-state index >= 15 is 0 Å². The summed E-state index contributed by atoms with van der Waals surface area (Å²) >= 11 is 0. The Morgan fingerprint density at radius 3 is 2.67 bits per heavy atom. The zero-order valence-corrected chi connectivity index (χ0v) is 7.94. The minimum atomic E-state index is 0.0506. The first-order chi connectivity index (χ1) is 5.77. The molecule has 0 fully saturated rings. The van der Waals surface area contributed by atoms with Gasteiger partial charge in [0.15, 0.2) is 0 Å². The highest BCUT2D eigenvalue weighted by molar-refractivity contribution is 5.72. The van der Waals surface area contributed by atoms with Crippen molar-refractivity contribution in [2.24, 2.45) is 0 Å². The Balaban J connectivity index is 3.06. The third kappa shape index (κ3) is 9.03. The highest BCUT2D eigenvalue weighted by atomic mass is 16.1. The van der Waals surface area contributed by atoms with Crippen molar-refractivity contribution < 1.29 is 4.79 Å². The fraction of sp³-hybridized carbons (Fsp3) is 0.700. The summed E-state index contributed by atoms with van der Waals surface area (Å²) in [5, 5.41) is 2.75. The first-order valence-electron chi connectivity index (χ1n) is 4.47. The molecule has 1 N–H and O–H groups in total. The van der Waals surface area contributed by atoms with Gasteiger partial charge in [-0.05, 0) is 12.8 Å². The lowest BCUT2D eigenvalue weighted by Crippen LogP contribution is -2.20. The highest BCUT2D eigenvalue weighted by Gasteiger charge is 1.88. The number of hydrogen-bond donors (Lipinski definition) is 1. The maximum atomic E-state index is 10.4. The molecular weight excluding hydrogens is 150 g/mol. The lowest BCUT2D eigenvalue weighted by molar-refractivity contribution is -0.118. The van der Waals surface area contributed by atoms with E-state index in [0.717, 1.165) is 32.2 Å². The summed E-state index contributed by atoms with van der Waals surface area (Å²) in [5.74, 6) is 6.12. The third-order valence-electron chi connectivity index (χ3n) is 1.40. The number of carbonyl (C=O) groups excluding carboxylic acids is 1. The zero-order valence-electron chi connectivity index (χ0n) is 7.94. The van der Waals surface area contributed by atoms with Crippen molar-refractivity contribution in [3.8, 4) is 11.8 Å². The summed E-state index contributed by atoms with van der Waals surface area (Å²) in [6.45, 7) is 4.37. The van der Waals surface area contributed by atoms with Crippen LogP contribution in [-0.2, 0) is 4.79 Å². The molecule has 0 aliphatic heterocycles. The van der Waals surface area contributed by atoms with Crippen molar-refractivity contribution in [1.29, 1.82) is 0 Å². The van der Waals surface area contributed by atoms with Gasteiger partial charge in [0, 0.05) is 26.3 Å². The van der Waals surface area contributed by atoms with Crippen LogP contribution in [0.4, 0.5) is 0 Å². The molecule has 0 bridgehead atoms. The molecule has 0 unspecified atom stereocenters. The van der Waals surface area contributed by atoms with Gasteiger partial charge in [0.2, 0.25) is 5.91 Å². The Kier molecular flexibility index (Phi) is 7.47. The Labute approximate surface area is 74.7 Å². The largest absolute Gasteiger partial charge is 0.356 e. The van der Waals surface area contributed by atoms with Gasteiger partial charge in [-0.3, -0.25) is 4.79 Å². The lowest BCUT2D eigenvalue weighted by atomic mass is 10.2. The highest BCUT2D eigenvalue weighted by Crippen LogP contribution is 1.91. The summed E-state index contributed by atoms with van der Waals surface area (Å²) in [7, 11) is 0. The normalized spacial score (nSPS) is 8.50. The summed E-state index contributed by atoms with van der Waals surface area (Å²) in [6.07, 6.45) is 3.99. The van der Waals surface area contributed by atoms with E-state index in [0.29, 0.717) is 0 Å².